The second-order valence-corrected chi connectivity index (χ2v) is 7.37. The normalized spacial score (nSPS) is 14.2. The zero-order chi connectivity index (χ0) is 20.1. The number of ether oxygens (including phenoxy) is 1. The van der Waals surface area contributed by atoms with Gasteiger partial charge in [0.2, 0.25) is 5.91 Å². The van der Waals surface area contributed by atoms with Gasteiger partial charge in [-0.05, 0) is 30.7 Å². The highest BCUT2D eigenvalue weighted by Crippen LogP contribution is 2.23. The van der Waals surface area contributed by atoms with Gasteiger partial charge < -0.3 is 14.5 Å². The highest BCUT2D eigenvalue weighted by Gasteiger charge is 2.22. The van der Waals surface area contributed by atoms with Gasteiger partial charge in [0.1, 0.15) is 11.6 Å². The minimum absolute atomic E-state index is 0.164. The van der Waals surface area contributed by atoms with E-state index in [1.54, 1.807) is 6.07 Å². The Hall–Kier alpha value is -2.86. The third kappa shape index (κ3) is 4.77. The van der Waals surface area contributed by atoms with Crippen molar-refractivity contribution in [3.63, 3.8) is 0 Å². The maximum Gasteiger partial charge on any atom is 0.222 e. The molecule has 0 radical (unpaired) electrons. The minimum atomic E-state index is 0.164. The molecule has 2 heterocycles. The van der Waals surface area contributed by atoms with E-state index in [2.05, 4.69) is 9.88 Å². The summed E-state index contributed by atoms with van der Waals surface area (Å²) in [6.45, 7) is 3.38. The van der Waals surface area contributed by atoms with Gasteiger partial charge in [-0.1, -0.05) is 35.9 Å². The van der Waals surface area contributed by atoms with Gasteiger partial charge in [-0.15, -0.1) is 0 Å². The lowest BCUT2D eigenvalue weighted by molar-refractivity contribution is -0.131. The van der Waals surface area contributed by atoms with Crippen molar-refractivity contribution in [2.45, 2.75) is 12.8 Å². The smallest absolute Gasteiger partial charge is 0.222 e. The number of carbonyl (C=O) groups is 1. The van der Waals surface area contributed by atoms with Crippen molar-refractivity contribution in [1.82, 2.24) is 14.9 Å². The Balaban J connectivity index is 1.23. The fraction of sp³-hybridized carbons (Fsp3) is 0.318. The van der Waals surface area contributed by atoms with Crippen LogP contribution in [0.2, 0.25) is 5.02 Å². The maximum absolute atomic E-state index is 12.5. The molecular formula is C22H23ClN4O2. The molecule has 0 N–H and O–H groups in total. The van der Waals surface area contributed by atoms with Gasteiger partial charge in [0, 0.05) is 32.6 Å². The zero-order valence-corrected chi connectivity index (χ0v) is 16.9. The summed E-state index contributed by atoms with van der Waals surface area (Å²) in [6, 6.07) is 15.2. The van der Waals surface area contributed by atoms with Crippen LogP contribution in [0, 0.1) is 0 Å². The van der Waals surface area contributed by atoms with Crippen LogP contribution in [0.15, 0.2) is 54.7 Å². The molecule has 1 aromatic heterocycles. The topological polar surface area (TPSA) is 58.6 Å². The van der Waals surface area contributed by atoms with Gasteiger partial charge in [0.05, 0.1) is 28.9 Å². The Morgan fingerprint density at radius 2 is 1.72 bits per heavy atom. The molecule has 150 valence electrons. The number of hydrogen-bond acceptors (Lipinski definition) is 5. The summed E-state index contributed by atoms with van der Waals surface area (Å²) in [5.41, 5.74) is 1.78. The average Bonchev–Trinajstić information content (AvgIpc) is 2.77. The average molecular weight is 411 g/mol. The molecular weight excluding hydrogens is 388 g/mol. The zero-order valence-electron chi connectivity index (χ0n) is 16.1. The number of fused-ring (bicyclic) bond motifs is 1. The fourth-order valence-corrected chi connectivity index (χ4v) is 3.60. The van der Waals surface area contributed by atoms with Crippen LogP contribution in [0.4, 0.5) is 5.82 Å². The van der Waals surface area contributed by atoms with Gasteiger partial charge in [0.25, 0.3) is 0 Å². The van der Waals surface area contributed by atoms with Crippen molar-refractivity contribution in [2.24, 2.45) is 0 Å². The Morgan fingerprint density at radius 3 is 2.52 bits per heavy atom. The molecule has 1 aliphatic rings. The molecule has 0 unspecified atom stereocenters. The van der Waals surface area contributed by atoms with Crippen molar-refractivity contribution >= 4 is 34.4 Å². The first-order chi connectivity index (χ1) is 14.2. The van der Waals surface area contributed by atoms with Crippen LogP contribution < -0.4 is 9.64 Å². The molecule has 29 heavy (non-hydrogen) atoms. The Morgan fingerprint density at radius 1 is 1.00 bits per heavy atom. The molecule has 7 heteroatoms. The summed E-state index contributed by atoms with van der Waals surface area (Å²) in [6.07, 6.45) is 2.95. The standard InChI is InChI=1S/C22H23ClN4O2/c23-17-6-1-4-9-20(17)29-15-5-10-22(28)27-13-11-26(12-14-27)21-16-24-18-7-2-3-8-19(18)25-21/h1-4,6-9,16H,5,10-15H2. The number of aromatic nitrogens is 2. The highest BCUT2D eigenvalue weighted by atomic mass is 35.5. The summed E-state index contributed by atoms with van der Waals surface area (Å²) >= 11 is 6.07. The van der Waals surface area contributed by atoms with Crippen LogP contribution in [-0.4, -0.2) is 53.6 Å². The summed E-state index contributed by atoms with van der Waals surface area (Å²) in [4.78, 5) is 25.8. The predicted molar refractivity (Wildman–Crippen MR) is 115 cm³/mol. The van der Waals surface area contributed by atoms with Gasteiger partial charge >= 0.3 is 0 Å². The van der Waals surface area contributed by atoms with E-state index in [0.29, 0.717) is 43.3 Å². The molecule has 1 amide bonds. The van der Waals surface area contributed by atoms with Crippen LogP contribution in [0.3, 0.4) is 0 Å². The van der Waals surface area contributed by atoms with Crippen LogP contribution in [0.1, 0.15) is 12.8 Å². The molecule has 0 spiro atoms. The third-order valence-corrected chi connectivity index (χ3v) is 5.33. The number of anilines is 1. The van der Waals surface area contributed by atoms with Crippen molar-refractivity contribution in [2.75, 3.05) is 37.7 Å². The molecule has 6 nitrogen and oxygen atoms in total. The lowest BCUT2D eigenvalue weighted by Gasteiger charge is -2.35. The van der Waals surface area contributed by atoms with E-state index in [9.17, 15) is 4.79 Å². The number of nitrogens with zero attached hydrogens (tertiary/aromatic N) is 4. The number of hydrogen-bond donors (Lipinski definition) is 0. The molecule has 0 atom stereocenters. The molecule has 1 fully saturated rings. The summed E-state index contributed by atoms with van der Waals surface area (Å²) in [7, 11) is 0. The monoisotopic (exact) mass is 410 g/mol. The third-order valence-electron chi connectivity index (χ3n) is 5.02. The lowest BCUT2D eigenvalue weighted by Crippen LogP contribution is -2.49. The van der Waals surface area contributed by atoms with Crippen LogP contribution in [0.25, 0.3) is 11.0 Å². The van der Waals surface area contributed by atoms with E-state index >= 15 is 0 Å². The van der Waals surface area contributed by atoms with Gasteiger partial charge in [-0.2, -0.15) is 0 Å². The van der Waals surface area contributed by atoms with E-state index in [4.69, 9.17) is 21.3 Å². The molecule has 1 aliphatic heterocycles. The lowest BCUT2D eigenvalue weighted by atomic mass is 10.2. The van der Waals surface area contributed by atoms with Gasteiger partial charge in [-0.25, -0.2) is 4.98 Å². The maximum atomic E-state index is 12.5. The molecule has 4 rings (SSSR count). The fourth-order valence-electron chi connectivity index (χ4n) is 3.41. The van der Waals surface area contributed by atoms with E-state index < -0.39 is 0 Å². The second kappa shape index (κ2) is 9.09. The largest absolute Gasteiger partial charge is 0.492 e. The van der Waals surface area contributed by atoms with Gasteiger partial charge in [-0.3, -0.25) is 9.78 Å². The summed E-state index contributed by atoms with van der Waals surface area (Å²) in [5, 5.41) is 0.590. The van der Waals surface area contributed by atoms with Gasteiger partial charge in [0.15, 0.2) is 0 Å². The first-order valence-corrected chi connectivity index (χ1v) is 10.2. The molecule has 0 aliphatic carbocycles. The van der Waals surface area contributed by atoms with Crippen LogP contribution in [-0.2, 0) is 4.79 Å². The highest BCUT2D eigenvalue weighted by molar-refractivity contribution is 6.32. The molecule has 2 aromatic carbocycles. The number of benzene rings is 2. The molecule has 0 bridgehead atoms. The first-order valence-electron chi connectivity index (χ1n) is 9.82. The Labute approximate surface area is 175 Å². The minimum Gasteiger partial charge on any atom is -0.492 e. The first kappa shape index (κ1) is 19.5. The SMILES string of the molecule is O=C(CCCOc1ccccc1Cl)N1CCN(c2cnc3ccccc3n2)CC1. The number of amides is 1. The molecule has 3 aromatic rings. The van der Waals surface area contributed by atoms with Crippen molar-refractivity contribution < 1.29 is 9.53 Å². The summed E-state index contributed by atoms with van der Waals surface area (Å²) in [5.74, 6) is 1.69. The van der Waals surface area contributed by atoms with Crippen LogP contribution in [0.5, 0.6) is 5.75 Å². The Bertz CT molecular complexity index is 989. The van der Waals surface area contributed by atoms with E-state index in [1.807, 2.05) is 53.6 Å². The quantitative estimate of drug-likeness (QED) is 0.578. The number of piperazine rings is 1. The van der Waals surface area contributed by atoms with Crippen LogP contribution >= 0.6 is 11.6 Å². The number of para-hydroxylation sites is 3. The van der Waals surface area contributed by atoms with E-state index in [0.717, 1.165) is 29.9 Å². The summed E-state index contributed by atoms with van der Waals surface area (Å²) < 4.78 is 5.66. The van der Waals surface area contributed by atoms with E-state index in [-0.39, 0.29) is 5.91 Å². The number of carbonyl (C=O) groups excluding carboxylic acids is 1. The molecule has 1 saturated heterocycles. The van der Waals surface area contributed by atoms with Crippen molar-refractivity contribution in [3.8, 4) is 5.75 Å². The number of rotatable bonds is 6. The van der Waals surface area contributed by atoms with E-state index in [1.165, 1.54) is 0 Å². The molecule has 0 saturated carbocycles. The van der Waals surface area contributed by atoms with Crippen molar-refractivity contribution in [1.29, 1.82) is 0 Å². The Kier molecular flexibility index (Phi) is 6.10. The van der Waals surface area contributed by atoms with Crippen molar-refractivity contribution in [3.05, 3.63) is 59.8 Å². The number of halogens is 1. The second-order valence-electron chi connectivity index (χ2n) is 6.97. The predicted octanol–water partition coefficient (Wildman–Crippen LogP) is 3.79.